The first kappa shape index (κ1) is 14.7. The van der Waals surface area contributed by atoms with E-state index in [9.17, 15) is 4.79 Å². The van der Waals surface area contributed by atoms with Gasteiger partial charge in [0.25, 0.3) is 5.91 Å². The van der Waals surface area contributed by atoms with Gasteiger partial charge in [-0.2, -0.15) is 5.10 Å². The molecule has 1 fully saturated rings. The molecule has 3 rings (SSSR count). The first-order valence-corrected chi connectivity index (χ1v) is 7.41. The number of carbonyl (C=O) groups excluding carboxylic acids is 1. The molecule has 1 aliphatic heterocycles. The molecule has 1 amide bonds. The largest absolute Gasteiger partial charge is 0.366 e. The maximum atomic E-state index is 12.3. The maximum Gasteiger partial charge on any atom is 0.255 e. The number of benzene rings is 1. The number of rotatable bonds is 4. The molecule has 6 nitrogen and oxygen atoms in total. The highest BCUT2D eigenvalue weighted by Gasteiger charge is 2.27. The normalized spacial score (nSPS) is 19.0. The molecule has 0 bridgehead atoms. The number of hydrogen-bond donors (Lipinski definition) is 2. The number of nitrogens with zero attached hydrogens (tertiary/aromatic N) is 2. The third kappa shape index (κ3) is 3.52. The Morgan fingerprint density at radius 2 is 2.27 bits per heavy atom. The van der Waals surface area contributed by atoms with E-state index in [4.69, 9.17) is 4.74 Å². The molecule has 0 spiro atoms. The first-order chi connectivity index (χ1) is 10.7. The number of carbonyl (C=O) groups is 1. The van der Waals surface area contributed by atoms with Gasteiger partial charge in [0.1, 0.15) is 11.9 Å². The number of morpholine rings is 1. The summed E-state index contributed by atoms with van der Waals surface area (Å²) in [6.45, 7) is 4.71. The van der Waals surface area contributed by atoms with E-state index in [0.29, 0.717) is 19.0 Å². The third-order valence-electron chi connectivity index (χ3n) is 3.77. The zero-order chi connectivity index (χ0) is 15.4. The predicted molar refractivity (Wildman–Crippen MR) is 83.4 cm³/mol. The highest BCUT2D eigenvalue weighted by molar-refractivity contribution is 5.94. The summed E-state index contributed by atoms with van der Waals surface area (Å²) in [5.41, 5.74) is 2.15. The SMILES string of the molecule is Cc1cn[nH]c1NC(=O)[C@@H]1CN(Cc2ccccc2)CCO1. The van der Waals surface area contributed by atoms with Crippen molar-refractivity contribution in [2.75, 3.05) is 25.0 Å². The topological polar surface area (TPSA) is 70.2 Å². The quantitative estimate of drug-likeness (QED) is 0.899. The molecule has 6 heteroatoms. The number of ether oxygens (including phenoxy) is 1. The van der Waals surface area contributed by atoms with E-state index in [1.54, 1.807) is 6.20 Å². The van der Waals surface area contributed by atoms with Crippen molar-refractivity contribution < 1.29 is 9.53 Å². The predicted octanol–water partition coefficient (Wildman–Crippen LogP) is 1.56. The van der Waals surface area contributed by atoms with Crippen molar-refractivity contribution in [3.05, 3.63) is 47.7 Å². The molecule has 2 heterocycles. The summed E-state index contributed by atoms with van der Waals surface area (Å²) in [6, 6.07) is 10.3. The molecule has 2 aromatic rings. The molecule has 2 N–H and O–H groups in total. The summed E-state index contributed by atoms with van der Waals surface area (Å²) in [6.07, 6.45) is 1.22. The minimum atomic E-state index is -0.458. The molecular formula is C16H20N4O2. The second kappa shape index (κ2) is 6.72. The van der Waals surface area contributed by atoms with Gasteiger partial charge in [0, 0.05) is 25.2 Å². The summed E-state index contributed by atoms with van der Waals surface area (Å²) in [5.74, 6) is 0.499. The summed E-state index contributed by atoms with van der Waals surface area (Å²) >= 11 is 0. The molecule has 1 saturated heterocycles. The van der Waals surface area contributed by atoms with E-state index in [-0.39, 0.29) is 5.91 Å². The van der Waals surface area contributed by atoms with Gasteiger partial charge in [0.15, 0.2) is 0 Å². The highest BCUT2D eigenvalue weighted by Crippen LogP contribution is 2.14. The fourth-order valence-corrected chi connectivity index (χ4v) is 2.52. The van der Waals surface area contributed by atoms with E-state index in [2.05, 4.69) is 32.5 Å². The van der Waals surface area contributed by atoms with Crippen LogP contribution in [0.4, 0.5) is 5.82 Å². The molecular weight excluding hydrogens is 280 g/mol. The Bertz CT molecular complexity index is 626. The monoisotopic (exact) mass is 300 g/mol. The summed E-state index contributed by atoms with van der Waals surface area (Å²) < 4.78 is 5.61. The second-order valence-corrected chi connectivity index (χ2v) is 5.50. The lowest BCUT2D eigenvalue weighted by molar-refractivity contribution is -0.133. The van der Waals surface area contributed by atoms with Crippen molar-refractivity contribution in [3.63, 3.8) is 0 Å². The van der Waals surface area contributed by atoms with Gasteiger partial charge >= 0.3 is 0 Å². The lowest BCUT2D eigenvalue weighted by Gasteiger charge is -2.32. The average molecular weight is 300 g/mol. The van der Waals surface area contributed by atoms with Gasteiger partial charge in [-0.3, -0.25) is 14.8 Å². The minimum absolute atomic E-state index is 0.134. The molecule has 0 unspecified atom stereocenters. The molecule has 1 aliphatic rings. The lowest BCUT2D eigenvalue weighted by atomic mass is 10.2. The van der Waals surface area contributed by atoms with Gasteiger partial charge in [-0.15, -0.1) is 0 Å². The van der Waals surface area contributed by atoms with Crippen molar-refractivity contribution in [1.29, 1.82) is 0 Å². The van der Waals surface area contributed by atoms with E-state index < -0.39 is 6.10 Å². The molecule has 0 aliphatic carbocycles. The van der Waals surface area contributed by atoms with Crippen molar-refractivity contribution >= 4 is 11.7 Å². The van der Waals surface area contributed by atoms with Crippen LogP contribution in [-0.4, -0.2) is 46.8 Å². The molecule has 0 radical (unpaired) electrons. The van der Waals surface area contributed by atoms with Crippen LogP contribution in [-0.2, 0) is 16.1 Å². The highest BCUT2D eigenvalue weighted by atomic mass is 16.5. The van der Waals surface area contributed by atoms with Gasteiger partial charge in [-0.05, 0) is 12.5 Å². The van der Waals surface area contributed by atoms with Crippen LogP contribution in [0.2, 0.25) is 0 Å². The van der Waals surface area contributed by atoms with E-state index >= 15 is 0 Å². The molecule has 22 heavy (non-hydrogen) atoms. The van der Waals surface area contributed by atoms with Crippen LogP contribution in [0, 0.1) is 6.92 Å². The number of aromatic amines is 1. The molecule has 116 valence electrons. The van der Waals surface area contributed by atoms with Gasteiger partial charge in [0.2, 0.25) is 0 Å². The van der Waals surface area contributed by atoms with Crippen molar-refractivity contribution in [1.82, 2.24) is 15.1 Å². The van der Waals surface area contributed by atoms with Crippen molar-refractivity contribution in [2.45, 2.75) is 19.6 Å². The van der Waals surface area contributed by atoms with E-state index in [1.807, 2.05) is 25.1 Å². The Balaban J connectivity index is 1.58. The number of aryl methyl sites for hydroxylation is 1. The summed E-state index contributed by atoms with van der Waals surface area (Å²) in [4.78, 5) is 14.5. The summed E-state index contributed by atoms with van der Waals surface area (Å²) in [5, 5.41) is 9.51. The van der Waals surface area contributed by atoms with Crippen LogP contribution in [0.1, 0.15) is 11.1 Å². The number of nitrogens with one attached hydrogen (secondary N) is 2. The second-order valence-electron chi connectivity index (χ2n) is 5.50. The molecule has 1 atom stereocenters. The third-order valence-corrected chi connectivity index (χ3v) is 3.77. The standard InChI is InChI=1S/C16H20N4O2/c1-12-9-17-19-15(12)18-16(21)14-11-20(7-8-22-14)10-13-5-3-2-4-6-13/h2-6,9,14H,7-8,10-11H2,1H3,(H2,17,18,19,21)/t14-/m0/s1. The van der Waals surface area contributed by atoms with Gasteiger partial charge in [-0.1, -0.05) is 30.3 Å². The Labute approximate surface area is 129 Å². The first-order valence-electron chi connectivity index (χ1n) is 7.41. The summed E-state index contributed by atoms with van der Waals surface area (Å²) in [7, 11) is 0. The van der Waals surface area contributed by atoms with Crippen molar-refractivity contribution in [3.8, 4) is 0 Å². The van der Waals surface area contributed by atoms with Gasteiger partial charge < -0.3 is 10.1 Å². The van der Waals surface area contributed by atoms with Crippen LogP contribution in [0.15, 0.2) is 36.5 Å². The fraction of sp³-hybridized carbons (Fsp3) is 0.375. The number of anilines is 1. The minimum Gasteiger partial charge on any atom is -0.366 e. The van der Waals surface area contributed by atoms with E-state index in [1.165, 1.54) is 5.56 Å². The van der Waals surface area contributed by atoms with Crippen LogP contribution < -0.4 is 5.32 Å². The Kier molecular flexibility index (Phi) is 4.50. The lowest BCUT2D eigenvalue weighted by Crippen LogP contribution is -2.47. The van der Waals surface area contributed by atoms with Gasteiger partial charge in [0.05, 0.1) is 12.8 Å². The zero-order valence-electron chi connectivity index (χ0n) is 12.6. The maximum absolute atomic E-state index is 12.3. The van der Waals surface area contributed by atoms with Gasteiger partial charge in [-0.25, -0.2) is 0 Å². The van der Waals surface area contributed by atoms with Crippen LogP contribution in [0.3, 0.4) is 0 Å². The Hall–Kier alpha value is -2.18. The zero-order valence-corrected chi connectivity index (χ0v) is 12.6. The number of amides is 1. The number of hydrogen-bond acceptors (Lipinski definition) is 4. The number of H-pyrrole nitrogens is 1. The Morgan fingerprint density at radius 1 is 1.45 bits per heavy atom. The van der Waals surface area contributed by atoms with E-state index in [0.717, 1.165) is 18.7 Å². The van der Waals surface area contributed by atoms with Crippen LogP contribution >= 0.6 is 0 Å². The number of aromatic nitrogens is 2. The van der Waals surface area contributed by atoms with Crippen molar-refractivity contribution in [2.24, 2.45) is 0 Å². The van der Waals surface area contributed by atoms with Crippen LogP contribution in [0.5, 0.6) is 0 Å². The molecule has 1 aromatic heterocycles. The molecule has 1 aromatic carbocycles. The Morgan fingerprint density at radius 3 is 3.00 bits per heavy atom. The smallest absolute Gasteiger partial charge is 0.255 e. The average Bonchev–Trinajstić information content (AvgIpc) is 2.94. The molecule has 0 saturated carbocycles. The fourth-order valence-electron chi connectivity index (χ4n) is 2.52. The van der Waals surface area contributed by atoms with Crippen LogP contribution in [0.25, 0.3) is 0 Å².